The van der Waals surface area contributed by atoms with Crippen LogP contribution in [0.5, 0.6) is 0 Å². The molecule has 2 N–H and O–H groups in total. The molecule has 0 radical (unpaired) electrons. The van der Waals surface area contributed by atoms with E-state index in [4.69, 9.17) is 0 Å². The van der Waals surface area contributed by atoms with Crippen molar-refractivity contribution >= 4 is 12.0 Å². The van der Waals surface area contributed by atoms with Crippen LogP contribution in [0, 0.1) is 11.3 Å². The Hall–Kier alpha value is -1.26. The lowest BCUT2D eigenvalue weighted by Crippen LogP contribution is -2.53. The van der Waals surface area contributed by atoms with Gasteiger partial charge in [0.15, 0.2) is 0 Å². The molecule has 1 aliphatic heterocycles. The molecule has 122 valence electrons. The van der Waals surface area contributed by atoms with Gasteiger partial charge < -0.3 is 15.3 Å². The molecule has 5 heteroatoms. The Morgan fingerprint density at radius 3 is 2.10 bits per heavy atom. The second-order valence-corrected chi connectivity index (χ2v) is 6.35. The lowest BCUT2D eigenvalue weighted by atomic mass is 9.74. The van der Waals surface area contributed by atoms with E-state index < -0.39 is 12.0 Å². The fraction of sp³-hybridized carbons (Fsp3) is 0.875. The van der Waals surface area contributed by atoms with E-state index in [1.54, 1.807) is 4.90 Å². The molecule has 1 heterocycles. The maximum atomic E-state index is 12.3. The highest BCUT2D eigenvalue weighted by Crippen LogP contribution is 2.37. The Labute approximate surface area is 128 Å². The van der Waals surface area contributed by atoms with Crippen LogP contribution in [-0.4, -0.2) is 41.1 Å². The number of carboxylic acids is 1. The number of rotatable bonds is 6. The molecule has 1 aliphatic rings. The SMILES string of the molecule is CC[C@H](C)[C@H](NC(=O)N1CCC(CC)(CC)CC1)C(=O)O. The summed E-state index contributed by atoms with van der Waals surface area (Å²) in [5, 5.41) is 11.9. The third-order valence-electron chi connectivity index (χ3n) is 5.37. The molecule has 5 nitrogen and oxygen atoms in total. The number of urea groups is 1. The second-order valence-electron chi connectivity index (χ2n) is 6.35. The summed E-state index contributed by atoms with van der Waals surface area (Å²) >= 11 is 0. The predicted octanol–water partition coefficient (Wildman–Crippen LogP) is 3.10. The van der Waals surface area contributed by atoms with Crippen LogP contribution < -0.4 is 5.32 Å². The van der Waals surface area contributed by atoms with Gasteiger partial charge in [0.25, 0.3) is 0 Å². The molecule has 1 rings (SSSR count). The van der Waals surface area contributed by atoms with E-state index in [1.165, 1.54) is 0 Å². The summed E-state index contributed by atoms with van der Waals surface area (Å²) in [6.45, 7) is 9.66. The van der Waals surface area contributed by atoms with Gasteiger partial charge in [0, 0.05) is 13.1 Å². The number of aliphatic carboxylic acids is 1. The van der Waals surface area contributed by atoms with Crippen LogP contribution in [0.25, 0.3) is 0 Å². The van der Waals surface area contributed by atoms with Crippen LogP contribution >= 0.6 is 0 Å². The van der Waals surface area contributed by atoms with Crippen molar-refractivity contribution < 1.29 is 14.7 Å². The average molecular weight is 298 g/mol. The predicted molar refractivity (Wildman–Crippen MR) is 83.2 cm³/mol. The van der Waals surface area contributed by atoms with E-state index in [0.717, 1.165) is 45.2 Å². The molecule has 0 aromatic rings. The van der Waals surface area contributed by atoms with Crippen molar-refractivity contribution in [2.24, 2.45) is 11.3 Å². The Morgan fingerprint density at radius 1 is 1.19 bits per heavy atom. The maximum absolute atomic E-state index is 12.3. The molecule has 1 saturated heterocycles. The van der Waals surface area contributed by atoms with Crippen molar-refractivity contribution in [3.05, 3.63) is 0 Å². The number of nitrogens with one attached hydrogen (secondary N) is 1. The van der Waals surface area contributed by atoms with Crippen molar-refractivity contribution in [3.8, 4) is 0 Å². The van der Waals surface area contributed by atoms with Gasteiger partial charge in [-0.2, -0.15) is 0 Å². The van der Waals surface area contributed by atoms with Crippen LogP contribution in [0.15, 0.2) is 0 Å². The first-order chi connectivity index (χ1) is 9.89. The van der Waals surface area contributed by atoms with Crippen LogP contribution in [-0.2, 0) is 4.79 Å². The number of nitrogens with zero attached hydrogens (tertiary/aromatic N) is 1. The molecule has 0 unspecified atom stereocenters. The normalized spacial score (nSPS) is 20.7. The summed E-state index contributed by atoms with van der Waals surface area (Å²) in [5.74, 6) is -1.02. The number of carbonyl (C=O) groups excluding carboxylic acids is 1. The van der Waals surface area contributed by atoms with Gasteiger partial charge in [-0.1, -0.05) is 47.0 Å². The van der Waals surface area contributed by atoms with Crippen LogP contribution in [0.2, 0.25) is 0 Å². The van der Waals surface area contributed by atoms with Crippen LogP contribution in [0.3, 0.4) is 0 Å². The zero-order valence-electron chi connectivity index (χ0n) is 13.8. The Balaban J connectivity index is 2.59. The van der Waals surface area contributed by atoms with Crippen LogP contribution in [0.1, 0.15) is 59.8 Å². The minimum absolute atomic E-state index is 0.0679. The third kappa shape index (κ3) is 4.35. The number of hydrogen-bond donors (Lipinski definition) is 2. The van der Waals surface area contributed by atoms with Gasteiger partial charge in [0.1, 0.15) is 6.04 Å². The van der Waals surface area contributed by atoms with E-state index in [1.807, 2.05) is 13.8 Å². The van der Waals surface area contributed by atoms with Gasteiger partial charge >= 0.3 is 12.0 Å². The molecule has 0 aromatic heterocycles. The van der Waals surface area contributed by atoms with Gasteiger partial charge in [0.2, 0.25) is 0 Å². The number of carboxylic acid groups (broad SMARTS) is 1. The summed E-state index contributed by atoms with van der Waals surface area (Å²) in [4.78, 5) is 25.3. The van der Waals surface area contributed by atoms with Crippen molar-refractivity contribution in [1.29, 1.82) is 0 Å². The highest BCUT2D eigenvalue weighted by atomic mass is 16.4. The van der Waals surface area contributed by atoms with Gasteiger partial charge in [0.05, 0.1) is 0 Å². The molecular formula is C16H30N2O3. The summed E-state index contributed by atoms with van der Waals surface area (Å²) in [5.41, 5.74) is 0.361. The Kier molecular flexibility index (Phi) is 6.49. The third-order valence-corrected chi connectivity index (χ3v) is 5.37. The van der Waals surface area contributed by atoms with E-state index in [9.17, 15) is 14.7 Å². The van der Waals surface area contributed by atoms with Gasteiger partial charge in [-0.25, -0.2) is 9.59 Å². The van der Waals surface area contributed by atoms with E-state index in [-0.39, 0.29) is 11.9 Å². The molecule has 0 aliphatic carbocycles. The fourth-order valence-electron chi connectivity index (χ4n) is 3.05. The monoisotopic (exact) mass is 298 g/mol. The molecular weight excluding hydrogens is 268 g/mol. The first kappa shape index (κ1) is 17.8. The van der Waals surface area contributed by atoms with E-state index in [2.05, 4.69) is 19.2 Å². The quantitative estimate of drug-likeness (QED) is 0.791. The molecule has 0 aromatic carbocycles. The summed E-state index contributed by atoms with van der Waals surface area (Å²) in [6.07, 6.45) is 5.03. The number of piperidine rings is 1. The Bertz CT molecular complexity index is 357. The van der Waals surface area contributed by atoms with Crippen molar-refractivity contribution in [3.63, 3.8) is 0 Å². The highest BCUT2D eigenvalue weighted by Gasteiger charge is 2.34. The lowest BCUT2D eigenvalue weighted by molar-refractivity contribution is -0.140. The highest BCUT2D eigenvalue weighted by molar-refractivity contribution is 5.82. The zero-order valence-corrected chi connectivity index (χ0v) is 13.8. The topological polar surface area (TPSA) is 69.6 Å². The number of carbonyl (C=O) groups is 2. The van der Waals surface area contributed by atoms with Crippen LogP contribution in [0.4, 0.5) is 4.79 Å². The first-order valence-corrected chi connectivity index (χ1v) is 8.17. The molecule has 2 atom stereocenters. The molecule has 0 spiro atoms. The lowest BCUT2D eigenvalue weighted by Gasteiger charge is -2.41. The van der Waals surface area contributed by atoms with Gasteiger partial charge in [-0.15, -0.1) is 0 Å². The standard InChI is InChI=1S/C16H30N2O3/c1-5-12(4)13(14(19)20)17-15(21)18-10-8-16(6-2,7-3)9-11-18/h12-13H,5-11H2,1-4H3,(H,17,21)(H,19,20)/t12-,13-/m0/s1. The maximum Gasteiger partial charge on any atom is 0.326 e. The molecule has 1 fully saturated rings. The molecule has 2 amide bonds. The zero-order chi connectivity index (χ0) is 16.0. The van der Waals surface area contributed by atoms with E-state index in [0.29, 0.717) is 5.41 Å². The van der Waals surface area contributed by atoms with Crippen molar-refractivity contribution in [2.45, 2.75) is 65.8 Å². The number of likely N-dealkylation sites (tertiary alicyclic amines) is 1. The minimum atomic E-state index is -0.953. The summed E-state index contributed by atoms with van der Waals surface area (Å²) in [7, 11) is 0. The largest absolute Gasteiger partial charge is 0.480 e. The molecule has 21 heavy (non-hydrogen) atoms. The average Bonchev–Trinajstić information content (AvgIpc) is 2.51. The molecule has 0 saturated carbocycles. The van der Waals surface area contributed by atoms with Crippen molar-refractivity contribution in [2.75, 3.05) is 13.1 Å². The summed E-state index contributed by atoms with van der Waals surface area (Å²) < 4.78 is 0. The Morgan fingerprint density at radius 2 is 1.71 bits per heavy atom. The number of hydrogen-bond acceptors (Lipinski definition) is 2. The van der Waals surface area contributed by atoms with Gasteiger partial charge in [-0.3, -0.25) is 0 Å². The molecule has 0 bridgehead atoms. The first-order valence-electron chi connectivity index (χ1n) is 8.17. The van der Waals surface area contributed by atoms with Gasteiger partial charge in [-0.05, 0) is 24.2 Å². The second kappa shape index (κ2) is 7.66. The fourth-order valence-corrected chi connectivity index (χ4v) is 3.05. The smallest absolute Gasteiger partial charge is 0.326 e. The minimum Gasteiger partial charge on any atom is -0.480 e. The number of amides is 2. The van der Waals surface area contributed by atoms with E-state index >= 15 is 0 Å². The summed E-state index contributed by atoms with van der Waals surface area (Å²) in [6, 6.07) is -1.03. The van der Waals surface area contributed by atoms with Crippen molar-refractivity contribution in [1.82, 2.24) is 10.2 Å².